The minimum atomic E-state index is -0.921. The lowest BCUT2D eigenvalue weighted by Gasteiger charge is -2.14. The predicted molar refractivity (Wildman–Crippen MR) is 70.2 cm³/mol. The molecular weight excluding hydrogens is 230 g/mol. The van der Waals surface area contributed by atoms with Crippen molar-refractivity contribution in [2.75, 3.05) is 0 Å². The molecule has 0 aromatic rings. The third-order valence-electron chi connectivity index (χ3n) is 3.21. The maximum Gasteiger partial charge on any atom is 0.326 e. The van der Waals surface area contributed by atoms with Crippen molar-refractivity contribution in [3.8, 4) is 0 Å². The average Bonchev–Trinajstić information content (AvgIpc) is 3.15. The quantitative estimate of drug-likeness (QED) is 0.464. The highest BCUT2D eigenvalue weighted by molar-refractivity contribution is 5.86. The van der Waals surface area contributed by atoms with Crippen LogP contribution in [0.4, 0.5) is 0 Å². The highest BCUT2D eigenvalue weighted by Crippen LogP contribution is 2.29. The molecule has 4 nitrogen and oxygen atoms in total. The van der Waals surface area contributed by atoms with Crippen LogP contribution in [0.15, 0.2) is 12.7 Å². The Balaban J connectivity index is 2.14. The molecule has 0 aromatic heterocycles. The number of nitrogens with one attached hydrogen (secondary N) is 1. The molecule has 1 aliphatic carbocycles. The highest BCUT2D eigenvalue weighted by Gasteiger charge is 2.32. The van der Waals surface area contributed by atoms with Crippen molar-refractivity contribution >= 4 is 11.9 Å². The number of rotatable bonds is 10. The Morgan fingerprint density at radius 2 is 1.94 bits per heavy atom. The largest absolute Gasteiger partial charge is 0.480 e. The standard InChI is InChI=1S/C14H23NO3/c1-2-3-4-5-6-7-8-12(14(17)18)15-13(16)11-9-10-11/h2,11-12H,1,3-10H2,(H,15,16)(H,17,18)/t12-/m1/s1. The zero-order chi connectivity index (χ0) is 13.4. The number of carboxylic acids is 1. The van der Waals surface area contributed by atoms with E-state index in [9.17, 15) is 9.59 Å². The average molecular weight is 253 g/mol. The van der Waals surface area contributed by atoms with Gasteiger partial charge < -0.3 is 10.4 Å². The van der Waals surface area contributed by atoms with Gasteiger partial charge in [0, 0.05) is 5.92 Å². The number of amides is 1. The summed E-state index contributed by atoms with van der Waals surface area (Å²) < 4.78 is 0. The summed E-state index contributed by atoms with van der Waals surface area (Å²) in [5.41, 5.74) is 0. The van der Waals surface area contributed by atoms with Gasteiger partial charge in [-0.1, -0.05) is 25.3 Å². The third kappa shape index (κ3) is 5.84. The van der Waals surface area contributed by atoms with E-state index in [1.807, 2.05) is 6.08 Å². The van der Waals surface area contributed by atoms with Crippen molar-refractivity contribution in [2.24, 2.45) is 5.92 Å². The molecule has 18 heavy (non-hydrogen) atoms. The van der Waals surface area contributed by atoms with E-state index in [0.29, 0.717) is 6.42 Å². The molecule has 0 aromatic carbocycles. The number of carboxylic acid groups (broad SMARTS) is 1. The molecule has 4 heteroatoms. The molecule has 1 fully saturated rings. The van der Waals surface area contributed by atoms with Crippen molar-refractivity contribution in [1.82, 2.24) is 5.32 Å². The number of allylic oxidation sites excluding steroid dienone is 1. The van der Waals surface area contributed by atoms with Crippen LogP contribution in [-0.4, -0.2) is 23.0 Å². The van der Waals surface area contributed by atoms with Gasteiger partial charge in [0.15, 0.2) is 0 Å². The zero-order valence-corrected chi connectivity index (χ0v) is 10.9. The molecule has 102 valence electrons. The summed E-state index contributed by atoms with van der Waals surface area (Å²) in [6.45, 7) is 3.66. The summed E-state index contributed by atoms with van der Waals surface area (Å²) in [6, 6.07) is -0.711. The van der Waals surface area contributed by atoms with Crippen molar-refractivity contribution in [1.29, 1.82) is 0 Å². The lowest BCUT2D eigenvalue weighted by Crippen LogP contribution is -2.41. The first-order valence-electron chi connectivity index (χ1n) is 6.79. The second-order valence-electron chi connectivity index (χ2n) is 4.95. The Labute approximate surface area is 108 Å². The van der Waals surface area contributed by atoms with E-state index in [-0.39, 0.29) is 11.8 Å². The maximum absolute atomic E-state index is 11.5. The summed E-state index contributed by atoms with van der Waals surface area (Å²) in [5.74, 6) is -0.941. The minimum absolute atomic E-state index is 0.0689. The van der Waals surface area contributed by atoms with Gasteiger partial charge in [0.2, 0.25) is 5.91 Å². The monoisotopic (exact) mass is 253 g/mol. The maximum atomic E-state index is 11.5. The van der Waals surface area contributed by atoms with Gasteiger partial charge in [0.05, 0.1) is 0 Å². The van der Waals surface area contributed by atoms with Crippen LogP contribution in [0.5, 0.6) is 0 Å². The van der Waals surface area contributed by atoms with E-state index in [2.05, 4.69) is 11.9 Å². The van der Waals surface area contributed by atoms with Gasteiger partial charge in [-0.3, -0.25) is 4.79 Å². The summed E-state index contributed by atoms with van der Waals surface area (Å²) >= 11 is 0. The number of aliphatic carboxylic acids is 1. The van der Waals surface area contributed by atoms with Crippen molar-refractivity contribution in [3.63, 3.8) is 0 Å². The first-order chi connectivity index (χ1) is 8.65. The number of unbranched alkanes of at least 4 members (excludes halogenated alkanes) is 4. The zero-order valence-electron chi connectivity index (χ0n) is 10.9. The van der Waals surface area contributed by atoms with Crippen LogP contribution in [0.25, 0.3) is 0 Å². The molecule has 0 bridgehead atoms. The number of hydrogen-bond donors (Lipinski definition) is 2. The van der Waals surface area contributed by atoms with E-state index in [1.165, 1.54) is 0 Å². The van der Waals surface area contributed by atoms with E-state index in [4.69, 9.17) is 5.11 Å². The van der Waals surface area contributed by atoms with Crippen molar-refractivity contribution < 1.29 is 14.7 Å². The molecule has 0 spiro atoms. The molecule has 1 aliphatic rings. The molecule has 0 heterocycles. The molecule has 1 amide bonds. The van der Waals surface area contributed by atoms with Crippen LogP contribution in [0.2, 0.25) is 0 Å². The Morgan fingerprint density at radius 1 is 1.28 bits per heavy atom. The van der Waals surface area contributed by atoms with Gasteiger partial charge >= 0.3 is 5.97 Å². The molecule has 1 atom stereocenters. The summed E-state index contributed by atoms with van der Waals surface area (Å²) in [6.07, 6.45) is 9.30. The van der Waals surface area contributed by atoms with Crippen LogP contribution in [0.1, 0.15) is 51.4 Å². The lowest BCUT2D eigenvalue weighted by molar-refractivity contribution is -0.142. The Kier molecular flexibility index (Phi) is 6.47. The molecule has 0 radical (unpaired) electrons. The molecule has 1 saturated carbocycles. The molecular formula is C14H23NO3. The summed E-state index contributed by atoms with van der Waals surface area (Å²) in [4.78, 5) is 22.5. The molecule has 1 rings (SSSR count). The first-order valence-corrected chi connectivity index (χ1v) is 6.79. The van der Waals surface area contributed by atoms with E-state index in [1.54, 1.807) is 0 Å². The van der Waals surface area contributed by atoms with Crippen molar-refractivity contribution in [3.05, 3.63) is 12.7 Å². The lowest BCUT2D eigenvalue weighted by atomic mass is 10.1. The van der Waals surface area contributed by atoms with Gasteiger partial charge in [-0.15, -0.1) is 6.58 Å². The summed E-state index contributed by atoms with van der Waals surface area (Å²) in [5, 5.41) is 11.7. The van der Waals surface area contributed by atoms with Crippen molar-refractivity contribution in [2.45, 2.75) is 57.4 Å². The third-order valence-corrected chi connectivity index (χ3v) is 3.21. The fraction of sp³-hybridized carbons (Fsp3) is 0.714. The predicted octanol–water partition coefficient (Wildman–Crippen LogP) is 2.49. The van der Waals surface area contributed by atoms with Crippen LogP contribution in [0, 0.1) is 5.92 Å². The fourth-order valence-corrected chi connectivity index (χ4v) is 1.88. The minimum Gasteiger partial charge on any atom is -0.480 e. The van der Waals surface area contributed by atoms with Gasteiger partial charge in [-0.2, -0.15) is 0 Å². The second kappa shape index (κ2) is 7.90. The van der Waals surface area contributed by atoms with Gasteiger partial charge in [-0.05, 0) is 32.1 Å². The van der Waals surface area contributed by atoms with Gasteiger partial charge in [0.1, 0.15) is 6.04 Å². The highest BCUT2D eigenvalue weighted by atomic mass is 16.4. The molecule has 2 N–H and O–H groups in total. The van der Waals surface area contributed by atoms with E-state index >= 15 is 0 Å². The number of carbonyl (C=O) groups is 2. The van der Waals surface area contributed by atoms with Gasteiger partial charge in [0.25, 0.3) is 0 Å². The molecule has 0 unspecified atom stereocenters. The smallest absolute Gasteiger partial charge is 0.326 e. The Hall–Kier alpha value is -1.32. The normalized spacial score (nSPS) is 16.0. The van der Waals surface area contributed by atoms with Crippen LogP contribution >= 0.6 is 0 Å². The number of carbonyl (C=O) groups excluding carboxylic acids is 1. The first kappa shape index (κ1) is 14.7. The topological polar surface area (TPSA) is 66.4 Å². The van der Waals surface area contributed by atoms with E-state index in [0.717, 1.165) is 44.9 Å². The Bertz CT molecular complexity index is 297. The van der Waals surface area contributed by atoms with Crippen LogP contribution in [-0.2, 0) is 9.59 Å². The van der Waals surface area contributed by atoms with Gasteiger partial charge in [-0.25, -0.2) is 4.79 Å². The van der Waals surface area contributed by atoms with Crippen LogP contribution < -0.4 is 5.32 Å². The second-order valence-corrected chi connectivity index (χ2v) is 4.95. The SMILES string of the molecule is C=CCCCCCC[C@@H](NC(=O)C1CC1)C(=O)O. The van der Waals surface area contributed by atoms with Crippen LogP contribution in [0.3, 0.4) is 0 Å². The Morgan fingerprint density at radius 3 is 2.50 bits per heavy atom. The molecule has 0 aliphatic heterocycles. The number of hydrogen-bond acceptors (Lipinski definition) is 2. The summed E-state index contributed by atoms with van der Waals surface area (Å²) in [7, 11) is 0. The molecule has 0 saturated heterocycles. The fourth-order valence-electron chi connectivity index (χ4n) is 1.88. The van der Waals surface area contributed by atoms with E-state index < -0.39 is 12.0 Å².